The number of phenols is 2. The van der Waals surface area contributed by atoms with E-state index in [-0.39, 0.29) is 5.75 Å². The Morgan fingerprint density at radius 3 is 2.62 bits per heavy atom. The summed E-state index contributed by atoms with van der Waals surface area (Å²) in [5, 5.41) is 23.2. The summed E-state index contributed by atoms with van der Waals surface area (Å²) >= 11 is 0. The van der Waals surface area contributed by atoms with Gasteiger partial charge in [-0.2, -0.15) is 0 Å². The molecule has 0 saturated heterocycles. The van der Waals surface area contributed by atoms with E-state index < -0.39 is 0 Å². The van der Waals surface area contributed by atoms with Gasteiger partial charge in [-0.05, 0) is 25.7 Å². The summed E-state index contributed by atoms with van der Waals surface area (Å²) in [5.74, 6) is 2.47. The van der Waals surface area contributed by atoms with E-state index in [1.165, 1.54) is 57.2 Å². The minimum Gasteiger partial charge on any atom is -0.507 e. The van der Waals surface area contributed by atoms with Crippen molar-refractivity contribution in [3.05, 3.63) is 30.3 Å². The van der Waals surface area contributed by atoms with Gasteiger partial charge in [-0.15, -0.1) is 0 Å². The Labute approximate surface area is 174 Å². The van der Waals surface area contributed by atoms with Crippen molar-refractivity contribution in [1.29, 1.82) is 0 Å². The molecule has 0 aromatic heterocycles. The first kappa shape index (κ1) is 20.1. The Morgan fingerprint density at radius 2 is 1.79 bits per heavy atom. The van der Waals surface area contributed by atoms with Gasteiger partial charge in [0.15, 0.2) is 11.4 Å². The number of rotatable bonds is 6. The highest BCUT2D eigenvalue weighted by Gasteiger charge is 2.38. The first-order valence-electron chi connectivity index (χ1n) is 11.5. The average Bonchev–Trinajstić information content (AvgIpc) is 2.96. The summed E-state index contributed by atoms with van der Waals surface area (Å²) in [6, 6.07) is 9.36. The van der Waals surface area contributed by atoms with E-state index in [4.69, 9.17) is 0 Å². The van der Waals surface area contributed by atoms with Crippen LogP contribution in [0.1, 0.15) is 64.7 Å². The zero-order valence-electron chi connectivity index (χ0n) is 17.7. The van der Waals surface area contributed by atoms with Crippen molar-refractivity contribution in [2.75, 3.05) is 24.5 Å². The number of hydrogen-bond acceptors (Lipinski definition) is 3. The summed E-state index contributed by atoms with van der Waals surface area (Å²) in [7, 11) is 0. The lowest BCUT2D eigenvalue weighted by molar-refractivity contribution is -0.533. The SMILES string of the molecule is CCCCCCC1CCCC[N+]2=C1N(c1cc(O)c3ccccc3c1O)CCC2. The largest absolute Gasteiger partial charge is 0.507 e. The Balaban J connectivity index is 1.72. The van der Waals surface area contributed by atoms with Crippen LogP contribution in [-0.2, 0) is 0 Å². The predicted molar refractivity (Wildman–Crippen MR) is 120 cm³/mol. The topological polar surface area (TPSA) is 46.7 Å². The molecule has 0 radical (unpaired) electrons. The molecule has 0 fully saturated rings. The summed E-state index contributed by atoms with van der Waals surface area (Å²) in [4.78, 5) is 2.32. The second kappa shape index (κ2) is 9.06. The van der Waals surface area contributed by atoms with E-state index in [9.17, 15) is 10.2 Å². The van der Waals surface area contributed by atoms with Gasteiger partial charge in [0.1, 0.15) is 5.75 Å². The quantitative estimate of drug-likeness (QED) is 0.378. The molecule has 2 aromatic rings. The molecule has 1 atom stereocenters. The van der Waals surface area contributed by atoms with Crippen molar-refractivity contribution in [2.24, 2.45) is 5.92 Å². The third-order valence-corrected chi connectivity index (χ3v) is 6.68. The first-order chi connectivity index (χ1) is 14.2. The highest BCUT2D eigenvalue weighted by atomic mass is 16.3. The fraction of sp³-hybridized carbons (Fsp3) is 0.560. The number of nitrogens with zero attached hydrogens (tertiary/aromatic N) is 2. The molecule has 4 nitrogen and oxygen atoms in total. The van der Waals surface area contributed by atoms with E-state index in [0.29, 0.717) is 17.1 Å². The predicted octanol–water partition coefficient (Wildman–Crippen LogP) is 5.64. The van der Waals surface area contributed by atoms with Crippen LogP contribution in [0.15, 0.2) is 30.3 Å². The normalized spacial score (nSPS) is 20.0. The number of phenolic OH excluding ortho intramolecular Hbond substituents is 2. The summed E-state index contributed by atoms with van der Waals surface area (Å²) in [6.45, 7) is 5.39. The Bertz CT molecular complexity index is 890. The minimum absolute atomic E-state index is 0.249. The number of amidine groups is 1. The maximum atomic E-state index is 11.1. The zero-order valence-corrected chi connectivity index (χ0v) is 17.7. The van der Waals surface area contributed by atoms with E-state index >= 15 is 0 Å². The monoisotopic (exact) mass is 395 g/mol. The van der Waals surface area contributed by atoms with Crippen LogP contribution >= 0.6 is 0 Å². The minimum atomic E-state index is 0.249. The van der Waals surface area contributed by atoms with Crippen molar-refractivity contribution in [3.8, 4) is 11.5 Å². The van der Waals surface area contributed by atoms with Gasteiger partial charge in [0.05, 0.1) is 25.6 Å². The Hall–Kier alpha value is -2.23. The van der Waals surface area contributed by atoms with Crippen LogP contribution in [0.3, 0.4) is 0 Å². The third kappa shape index (κ3) is 4.08. The number of anilines is 1. The van der Waals surface area contributed by atoms with E-state index in [2.05, 4.69) is 16.4 Å². The Kier molecular flexibility index (Phi) is 6.27. The lowest BCUT2D eigenvalue weighted by Crippen LogP contribution is -2.47. The lowest BCUT2D eigenvalue weighted by atomic mass is 9.92. The highest BCUT2D eigenvalue weighted by molar-refractivity contribution is 6.04. The van der Waals surface area contributed by atoms with E-state index in [0.717, 1.165) is 37.1 Å². The number of fused-ring (bicyclic) bond motifs is 1. The molecule has 2 heterocycles. The maximum Gasteiger partial charge on any atom is 0.255 e. The van der Waals surface area contributed by atoms with Gasteiger partial charge in [-0.3, -0.25) is 4.58 Å². The molecule has 0 bridgehead atoms. The molecule has 0 saturated carbocycles. The molecular formula is C25H35N2O2+. The molecule has 2 aliphatic heterocycles. The van der Waals surface area contributed by atoms with Crippen molar-refractivity contribution in [2.45, 2.75) is 64.7 Å². The van der Waals surface area contributed by atoms with E-state index in [1.807, 2.05) is 24.3 Å². The second-order valence-corrected chi connectivity index (χ2v) is 8.70. The van der Waals surface area contributed by atoms with Crippen LogP contribution < -0.4 is 4.90 Å². The van der Waals surface area contributed by atoms with Crippen LogP contribution in [0.5, 0.6) is 11.5 Å². The van der Waals surface area contributed by atoms with Crippen LogP contribution in [0.25, 0.3) is 10.8 Å². The molecular weight excluding hydrogens is 360 g/mol. The lowest BCUT2D eigenvalue weighted by Gasteiger charge is -2.30. The summed E-state index contributed by atoms with van der Waals surface area (Å²) in [6.07, 6.45) is 11.2. The Morgan fingerprint density at radius 1 is 1.00 bits per heavy atom. The van der Waals surface area contributed by atoms with Gasteiger partial charge in [-0.1, -0.05) is 56.9 Å². The molecule has 2 aromatic carbocycles. The molecule has 0 aliphatic carbocycles. The molecule has 2 aliphatic rings. The van der Waals surface area contributed by atoms with Gasteiger partial charge < -0.3 is 10.2 Å². The van der Waals surface area contributed by atoms with Gasteiger partial charge in [0, 0.05) is 23.3 Å². The molecule has 156 valence electrons. The zero-order chi connectivity index (χ0) is 20.2. The number of unbranched alkanes of at least 4 members (excludes halogenated alkanes) is 3. The van der Waals surface area contributed by atoms with Crippen LogP contribution in [-0.4, -0.2) is 40.3 Å². The molecule has 1 unspecified atom stereocenters. The molecule has 0 spiro atoms. The molecule has 29 heavy (non-hydrogen) atoms. The average molecular weight is 396 g/mol. The maximum absolute atomic E-state index is 11.1. The fourth-order valence-corrected chi connectivity index (χ4v) is 5.21. The number of hydrogen-bond donors (Lipinski definition) is 2. The van der Waals surface area contributed by atoms with Gasteiger partial charge in [0.2, 0.25) is 0 Å². The van der Waals surface area contributed by atoms with Crippen molar-refractivity contribution >= 4 is 22.3 Å². The van der Waals surface area contributed by atoms with E-state index in [1.54, 1.807) is 6.07 Å². The van der Waals surface area contributed by atoms with Crippen LogP contribution in [0.4, 0.5) is 5.69 Å². The fourth-order valence-electron chi connectivity index (χ4n) is 5.21. The first-order valence-corrected chi connectivity index (χ1v) is 11.5. The summed E-state index contributed by atoms with van der Waals surface area (Å²) < 4.78 is 2.56. The summed E-state index contributed by atoms with van der Waals surface area (Å²) in [5.41, 5.74) is 0.765. The smallest absolute Gasteiger partial charge is 0.255 e. The number of benzene rings is 2. The second-order valence-electron chi connectivity index (χ2n) is 8.70. The van der Waals surface area contributed by atoms with Gasteiger partial charge in [0.25, 0.3) is 5.84 Å². The van der Waals surface area contributed by atoms with Gasteiger partial charge >= 0.3 is 0 Å². The van der Waals surface area contributed by atoms with Crippen molar-refractivity contribution in [3.63, 3.8) is 0 Å². The van der Waals surface area contributed by atoms with Crippen molar-refractivity contribution < 1.29 is 14.8 Å². The molecule has 4 heteroatoms. The number of aromatic hydroxyl groups is 2. The van der Waals surface area contributed by atoms with Crippen LogP contribution in [0, 0.1) is 5.92 Å². The molecule has 2 N–H and O–H groups in total. The standard InChI is InChI=1S/C25H34N2O2/c1-2-3-4-5-11-19-12-8-9-15-26-16-10-17-27(25(19)26)22-18-23(28)20-13-6-7-14-21(20)24(22)29/h6-7,13-14,18-19H,2-5,8-12,15-17H2,1H3,(H-,28,29)/p+1. The third-order valence-electron chi connectivity index (χ3n) is 6.68. The molecule has 4 rings (SSSR count). The van der Waals surface area contributed by atoms with Gasteiger partial charge in [-0.25, -0.2) is 4.90 Å². The van der Waals surface area contributed by atoms with Crippen molar-refractivity contribution in [1.82, 2.24) is 0 Å². The van der Waals surface area contributed by atoms with Crippen LogP contribution in [0.2, 0.25) is 0 Å². The highest BCUT2D eigenvalue weighted by Crippen LogP contribution is 2.42. The molecule has 0 amide bonds.